The smallest absolute Gasteiger partial charge is 0.418 e. The first-order valence-electron chi connectivity index (χ1n) is 14.9. The molecule has 2 fully saturated rings. The molecule has 0 spiro atoms. The van der Waals surface area contributed by atoms with Crippen LogP contribution in [0.5, 0.6) is 5.88 Å². The van der Waals surface area contributed by atoms with Crippen LogP contribution >= 0.6 is 0 Å². The summed E-state index contributed by atoms with van der Waals surface area (Å²) in [5.74, 6) is -3.18. The molecule has 0 aliphatic heterocycles. The Morgan fingerprint density at radius 1 is 1.04 bits per heavy atom. The Hall–Kier alpha value is -4.18. The molecule has 0 atom stereocenters. The number of carbonyl (C=O) groups excluding carboxylic acids is 2. The molecule has 0 radical (unpaired) electrons. The fourth-order valence-corrected chi connectivity index (χ4v) is 5.43. The van der Waals surface area contributed by atoms with Crippen molar-refractivity contribution in [3.63, 3.8) is 0 Å². The number of nitrogens with zero attached hydrogens (tertiary/aromatic N) is 3. The van der Waals surface area contributed by atoms with Crippen LogP contribution in [0.3, 0.4) is 0 Å². The molecule has 3 aromatic rings. The minimum absolute atomic E-state index is 0.0000182. The second-order valence-electron chi connectivity index (χ2n) is 12.2. The number of ether oxygens (including phenoxy) is 1. The summed E-state index contributed by atoms with van der Waals surface area (Å²) >= 11 is 0. The van der Waals surface area contributed by atoms with Gasteiger partial charge in [-0.3, -0.25) is 14.2 Å². The minimum atomic E-state index is -4.77. The van der Waals surface area contributed by atoms with E-state index in [0.717, 1.165) is 18.9 Å². The Labute approximate surface area is 263 Å². The molecule has 9 nitrogen and oxygen atoms in total. The van der Waals surface area contributed by atoms with E-state index in [1.54, 1.807) is 6.92 Å². The van der Waals surface area contributed by atoms with Gasteiger partial charge in [-0.2, -0.15) is 31.3 Å². The predicted molar refractivity (Wildman–Crippen MR) is 153 cm³/mol. The van der Waals surface area contributed by atoms with E-state index in [0.29, 0.717) is 5.56 Å². The van der Waals surface area contributed by atoms with Gasteiger partial charge in [-0.15, -0.1) is 0 Å². The molecule has 2 heterocycles. The first-order valence-corrected chi connectivity index (χ1v) is 14.9. The fraction of sp³-hybridized carbons (Fsp3) is 0.533. The van der Waals surface area contributed by atoms with Crippen molar-refractivity contribution in [2.75, 3.05) is 11.9 Å². The first-order chi connectivity index (χ1) is 21.9. The van der Waals surface area contributed by atoms with Crippen LogP contribution in [0.4, 0.5) is 46.8 Å². The Balaban J connectivity index is 1.42. The van der Waals surface area contributed by atoms with Crippen molar-refractivity contribution in [1.82, 2.24) is 25.2 Å². The average Bonchev–Trinajstić information content (AvgIpc) is 3.68. The minimum Gasteiger partial charge on any atom is -0.471 e. The zero-order valence-electron chi connectivity index (χ0n) is 25.3. The number of fused-ring (bicyclic) bond motifs is 1. The highest BCUT2D eigenvalue weighted by Crippen LogP contribution is 2.45. The molecule has 2 aliphatic rings. The van der Waals surface area contributed by atoms with Gasteiger partial charge in [-0.1, -0.05) is 13.0 Å². The molecular formula is C30H32F8N6O3. The van der Waals surface area contributed by atoms with Gasteiger partial charge in [0, 0.05) is 25.0 Å². The molecule has 256 valence electrons. The van der Waals surface area contributed by atoms with Crippen molar-refractivity contribution in [1.29, 1.82) is 0 Å². The summed E-state index contributed by atoms with van der Waals surface area (Å²) in [7, 11) is 1.40. The number of carbonyl (C=O) groups is 2. The summed E-state index contributed by atoms with van der Waals surface area (Å²) < 4.78 is 113. The lowest BCUT2D eigenvalue weighted by Crippen LogP contribution is -2.40. The fourth-order valence-electron chi connectivity index (χ4n) is 5.43. The van der Waals surface area contributed by atoms with Crippen LogP contribution in [-0.2, 0) is 24.6 Å². The SMILES string of the molecule is Cn1c(Nc2cc(CNC(=O)C3(C)CC3)ccc2C(F)(F)F)nc2cc(C(=O)NC3CCC(C(F)(F)F)CC3)c(OCC(F)F)nc21. The number of imidazole rings is 1. The lowest BCUT2D eigenvalue weighted by Gasteiger charge is -2.30. The molecule has 2 amide bonds. The largest absolute Gasteiger partial charge is 0.471 e. The third kappa shape index (κ3) is 7.87. The maximum Gasteiger partial charge on any atom is 0.418 e. The van der Waals surface area contributed by atoms with Crippen LogP contribution < -0.4 is 20.7 Å². The molecule has 0 bridgehead atoms. The highest BCUT2D eigenvalue weighted by atomic mass is 19.4. The number of hydrogen-bond acceptors (Lipinski definition) is 6. The van der Waals surface area contributed by atoms with Gasteiger partial charge in [0.1, 0.15) is 11.1 Å². The molecule has 0 saturated heterocycles. The number of amides is 2. The Morgan fingerprint density at radius 2 is 1.72 bits per heavy atom. The molecule has 3 N–H and O–H groups in total. The summed E-state index contributed by atoms with van der Waals surface area (Å²) in [6.07, 6.45) is -10.9. The zero-order chi connectivity index (χ0) is 34.3. The van der Waals surface area contributed by atoms with Crippen LogP contribution in [-0.4, -0.2) is 51.6 Å². The molecule has 2 aliphatic carbocycles. The highest BCUT2D eigenvalue weighted by Gasteiger charge is 2.45. The summed E-state index contributed by atoms with van der Waals surface area (Å²) in [6, 6.07) is 3.87. The van der Waals surface area contributed by atoms with Crippen LogP contribution in [0.2, 0.25) is 0 Å². The topological polar surface area (TPSA) is 110 Å². The molecule has 47 heavy (non-hydrogen) atoms. The Kier molecular flexibility index (Phi) is 9.29. The molecular weight excluding hydrogens is 644 g/mol. The Bertz CT molecular complexity index is 1640. The average molecular weight is 677 g/mol. The number of pyridine rings is 1. The lowest BCUT2D eigenvalue weighted by molar-refractivity contribution is -0.182. The molecule has 2 aromatic heterocycles. The number of benzene rings is 1. The highest BCUT2D eigenvalue weighted by molar-refractivity contribution is 5.99. The van der Waals surface area contributed by atoms with Gasteiger partial charge in [0.15, 0.2) is 12.3 Å². The van der Waals surface area contributed by atoms with Gasteiger partial charge in [0.05, 0.1) is 17.2 Å². The third-order valence-corrected chi connectivity index (χ3v) is 8.56. The van der Waals surface area contributed by atoms with Gasteiger partial charge < -0.3 is 20.7 Å². The van der Waals surface area contributed by atoms with E-state index in [4.69, 9.17) is 4.74 Å². The predicted octanol–water partition coefficient (Wildman–Crippen LogP) is 6.64. The molecule has 2 saturated carbocycles. The van der Waals surface area contributed by atoms with Crippen LogP contribution in [0.25, 0.3) is 11.2 Å². The van der Waals surface area contributed by atoms with Crippen molar-refractivity contribution in [3.8, 4) is 5.88 Å². The van der Waals surface area contributed by atoms with Crippen molar-refractivity contribution in [3.05, 3.63) is 41.0 Å². The first kappa shape index (κ1) is 34.2. The number of alkyl halides is 8. The number of hydrogen-bond donors (Lipinski definition) is 3. The Morgan fingerprint density at radius 3 is 2.32 bits per heavy atom. The molecule has 17 heteroatoms. The zero-order valence-corrected chi connectivity index (χ0v) is 25.3. The quantitative estimate of drug-likeness (QED) is 0.208. The standard InChI is InChI=1S/C30H32F8N6O3/c1-28(9-10-28)26(46)39-13-15-3-8-19(30(36,37)38)20(11-15)41-27-42-21-12-18(25(47-14-22(31)32)43-23(21)44(27)2)24(45)40-17-6-4-16(5-7-17)29(33,34)35/h3,8,11-12,16-17,22H,4-7,9-10,13-14H2,1-2H3,(H,39,46)(H,40,45)(H,41,42). The van der Waals surface area contributed by atoms with E-state index < -0.39 is 60.1 Å². The van der Waals surface area contributed by atoms with Gasteiger partial charge in [-0.05, 0) is 62.3 Å². The number of rotatable bonds is 10. The number of nitrogens with one attached hydrogen (secondary N) is 3. The van der Waals surface area contributed by atoms with Crippen LogP contribution in [0, 0.1) is 11.3 Å². The van der Waals surface area contributed by atoms with Gasteiger partial charge in [0.25, 0.3) is 12.3 Å². The second-order valence-corrected chi connectivity index (χ2v) is 12.2. The maximum absolute atomic E-state index is 14.0. The van der Waals surface area contributed by atoms with E-state index in [9.17, 15) is 44.7 Å². The van der Waals surface area contributed by atoms with Crippen LogP contribution in [0.15, 0.2) is 24.3 Å². The molecule has 5 rings (SSSR count). The maximum atomic E-state index is 14.0. The normalized spacial score (nSPS) is 19.5. The number of aryl methyl sites for hydroxylation is 1. The molecule has 1 aromatic carbocycles. The van der Waals surface area contributed by atoms with E-state index in [1.165, 1.54) is 29.8 Å². The lowest BCUT2D eigenvalue weighted by atomic mass is 9.85. The van der Waals surface area contributed by atoms with E-state index in [2.05, 4.69) is 25.9 Å². The van der Waals surface area contributed by atoms with Crippen LogP contribution in [0.1, 0.15) is 66.9 Å². The summed E-state index contributed by atoms with van der Waals surface area (Å²) in [5, 5.41) is 7.97. The van der Waals surface area contributed by atoms with Gasteiger partial charge in [0.2, 0.25) is 17.7 Å². The summed E-state index contributed by atoms with van der Waals surface area (Å²) in [4.78, 5) is 34.0. The molecule has 0 unspecified atom stereocenters. The number of halogens is 8. The summed E-state index contributed by atoms with van der Waals surface area (Å²) in [6.45, 7) is 0.645. The van der Waals surface area contributed by atoms with E-state index in [-0.39, 0.29) is 66.5 Å². The summed E-state index contributed by atoms with van der Waals surface area (Å²) in [5.41, 5.74) is -1.86. The monoisotopic (exact) mass is 676 g/mol. The van der Waals surface area contributed by atoms with Gasteiger partial charge in [-0.25, -0.2) is 13.8 Å². The van der Waals surface area contributed by atoms with Crippen molar-refractivity contribution >= 4 is 34.6 Å². The number of aromatic nitrogens is 3. The van der Waals surface area contributed by atoms with Crippen molar-refractivity contribution in [2.24, 2.45) is 18.4 Å². The van der Waals surface area contributed by atoms with Gasteiger partial charge >= 0.3 is 12.4 Å². The number of anilines is 2. The van der Waals surface area contributed by atoms with Crippen molar-refractivity contribution in [2.45, 2.75) is 76.8 Å². The second kappa shape index (κ2) is 12.8. The van der Waals surface area contributed by atoms with Crippen molar-refractivity contribution < 1.29 is 49.4 Å². The van der Waals surface area contributed by atoms with E-state index >= 15 is 0 Å². The third-order valence-electron chi connectivity index (χ3n) is 8.56. The van der Waals surface area contributed by atoms with E-state index in [1.807, 2.05) is 0 Å².